The van der Waals surface area contributed by atoms with Crippen LogP contribution in [0.5, 0.6) is 5.88 Å². The molecule has 1 aliphatic rings. The van der Waals surface area contributed by atoms with Gasteiger partial charge in [-0.15, -0.1) is 12.4 Å². The van der Waals surface area contributed by atoms with E-state index < -0.39 is 13.0 Å². The molecule has 0 aromatic carbocycles. The van der Waals surface area contributed by atoms with Crippen molar-refractivity contribution in [2.24, 2.45) is 0 Å². The number of aromatic nitrogens is 1. The highest BCUT2D eigenvalue weighted by Crippen LogP contribution is 2.13. The predicted octanol–water partition coefficient (Wildman–Crippen LogP) is 1.58. The summed E-state index contributed by atoms with van der Waals surface area (Å²) in [6.07, 6.45) is -1.18. The third-order valence-corrected chi connectivity index (χ3v) is 2.99. The van der Waals surface area contributed by atoms with Gasteiger partial charge in [-0.2, -0.15) is 0 Å². The SMILES string of the molecule is C[C@@H]1CN(C(=O)c2ccnc(OCC(F)F)c2)CCN1.Cl. The number of pyridine rings is 1. The Hall–Kier alpha value is -1.47. The fourth-order valence-corrected chi connectivity index (χ4v) is 2.07. The Balaban J connectivity index is 0.00000220. The number of ether oxygens (including phenoxy) is 1. The number of nitrogens with zero attached hydrogens (tertiary/aromatic N) is 2. The molecule has 1 aliphatic heterocycles. The summed E-state index contributed by atoms with van der Waals surface area (Å²) in [6, 6.07) is 3.20. The molecule has 0 unspecified atom stereocenters. The summed E-state index contributed by atoms with van der Waals surface area (Å²) in [5.74, 6) is -0.0954. The van der Waals surface area contributed by atoms with Crippen LogP contribution < -0.4 is 10.1 Å². The minimum Gasteiger partial charge on any atom is -0.472 e. The van der Waals surface area contributed by atoms with E-state index >= 15 is 0 Å². The molecule has 0 bridgehead atoms. The summed E-state index contributed by atoms with van der Waals surface area (Å²) in [7, 11) is 0. The summed E-state index contributed by atoms with van der Waals surface area (Å²) < 4.78 is 29.0. The number of amides is 1. The lowest BCUT2D eigenvalue weighted by atomic mass is 10.2. The lowest BCUT2D eigenvalue weighted by Gasteiger charge is -2.31. The van der Waals surface area contributed by atoms with Crippen LogP contribution in [0.2, 0.25) is 0 Å². The van der Waals surface area contributed by atoms with Crippen LogP contribution in [0.15, 0.2) is 18.3 Å². The first kappa shape index (κ1) is 17.6. The number of hydrogen-bond donors (Lipinski definition) is 1. The third kappa shape index (κ3) is 5.09. The fourth-order valence-electron chi connectivity index (χ4n) is 2.07. The largest absolute Gasteiger partial charge is 0.472 e. The summed E-state index contributed by atoms with van der Waals surface area (Å²) in [6.45, 7) is 3.26. The Morgan fingerprint density at radius 2 is 2.38 bits per heavy atom. The third-order valence-electron chi connectivity index (χ3n) is 2.99. The van der Waals surface area contributed by atoms with Gasteiger partial charge in [0.25, 0.3) is 12.3 Å². The van der Waals surface area contributed by atoms with Gasteiger partial charge in [0.15, 0.2) is 6.61 Å². The van der Waals surface area contributed by atoms with Gasteiger partial charge in [0.2, 0.25) is 5.88 Å². The molecule has 0 radical (unpaired) electrons. The molecule has 1 atom stereocenters. The van der Waals surface area contributed by atoms with E-state index in [1.54, 1.807) is 11.0 Å². The number of alkyl halides is 2. The summed E-state index contributed by atoms with van der Waals surface area (Å²) >= 11 is 0. The summed E-state index contributed by atoms with van der Waals surface area (Å²) in [5, 5.41) is 3.25. The molecule has 0 saturated carbocycles. The van der Waals surface area contributed by atoms with E-state index in [0.29, 0.717) is 18.7 Å². The van der Waals surface area contributed by atoms with Crippen LogP contribution in [0.1, 0.15) is 17.3 Å². The first-order chi connectivity index (χ1) is 9.56. The molecule has 0 spiro atoms. The van der Waals surface area contributed by atoms with Gasteiger partial charge in [-0.25, -0.2) is 13.8 Å². The van der Waals surface area contributed by atoms with E-state index in [4.69, 9.17) is 4.74 Å². The quantitative estimate of drug-likeness (QED) is 0.915. The number of carbonyl (C=O) groups excluding carboxylic acids is 1. The van der Waals surface area contributed by atoms with Crippen molar-refractivity contribution in [2.75, 3.05) is 26.2 Å². The second-order valence-corrected chi connectivity index (χ2v) is 4.69. The zero-order valence-corrected chi connectivity index (χ0v) is 12.4. The van der Waals surface area contributed by atoms with Gasteiger partial charge in [0.1, 0.15) is 0 Å². The van der Waals surface area contributed by atoms with E-state index in [1.807, 2.05) is 6.92 Å². The van der Waals surface area contributed by atoms with Crippen molar-refractivity contribution in [3.05, 3.63) is 23.9 Å². The van der Waals surface area contributed by atoms with E-state index in [0.717, 1.165) is 6.54 Å². The van der Waals surface area contributed by atoms with E-state index in [9.17, 15) is 13.6 Å². The van der Waals surface area contributed by atoms with Gasteiger partial charge >= 0.3 is 0 Å². The Morgan fingerprint density at radius 1 is 1.62 bits per heavy atom. The monoisotopic (exact) mass is 321 g/mol. The van der Waals surface area contributed by atoms with Crippen molar-refractivity contribution in [2.45, 2.75) is 19.4 Å². The molecule has 1 saturated heterocycles. The van der Waals surface area contributed by atoms with E-state index in [-0.39, 0.29) is 30.2 Å². The Bertz CT molecular complexity index is 476. The average molecular weight is 322 g/mol. The molecule has 1 amide bonds. The first-order valence-corrected chi connectivity index (χ1v) is 6.46. The van der Waals surface area contributed by atoms with Crippen molar-refractivity contribution in [1.29, 1.82) is 0 Å². The highest BCUT2D eigenvalue weighted by molar-refractivity contribution is 5.94. The van der Waals surface area contributed by atoms with Crippen molar-refractivity contribution >= 4 is 18.3 Å². The summed E-state index contributed by atoms with van der Waals surface area (Å²) in [4.78, 5) is 17.8. The molecule has 1 aromatic rings. The molecule has 5 nitrogen and oxygen atoms in total. The number of rotatable bonds is 4. The minimum absolute atomic E-state index is 0. The molecular weight excluding hydrogens is 304 g/mol. The molecule has 0 aliphatic carbocycles. The Kier molecular flexibility index (Phi) is 6.77. The lowest BCUT2D eigenvalue weighted by molar-refractivity contribution is 0.0706. The molecule has 1 aromatic heterocycles. The summed E-state index contributed by atoms with van der Waals surface area (Å²) in [5.41, 5.74) is 0.401. The molecule has 118 valence electrons. The van der Waals surface area contributed by atoms with Crippen LogP contribution in [0.25, 0.3) is 0 Å². The molecule has 21 heavy (non-hydrogen) atoms. The van der Waals surface area contributed by atoms with Crippen LogP contribution in [0.4, 0.5) is 8.78 Å². The zero-order chi connectivity index (χ0) is 14.5. The van der Waals surface area contributed by atoms with Crippen LogP contribution in [0, 0.1) is 0 Å². The predicted molar refractivity (Wildman–Crippen MR) is 76.4 cm³/mol. The molecule has 1 fully saturated rings. The smallest absolute Gasteiger partial charge is 0.272 e. The lowest BCUT2D eigenvalue weighted by Crippen LogP contribution is -2.51. The van der Waals surface area contributed by atoms with Crippen LogP contribution >= 0.6 is 12.4 Å². The highest BCUT2D eigenvalue weighted by Gasteiger charge is 2.22. The van der Waals surface area contributed by atoms with Crippen molar-refractivity contribution in [1.82, 2.24) is 15.2 Å². The average Bonchev–Trinajstić information content (AvgIpc) is 2.44. The maximum absolute atomic E-state index is 12.3. The Morgan fingerprint density at radius 3 is 3.05 bits per heavy atom. The first-order valence-electron chi connectivity index (χ1n) is 6.46. The minimum atomic E-state index is -2.56. The van der Waals surface area contributed by atoms with Gasteiger partial charge in [-0.05, 0) is 13.0 Å². The van der Waals surface area contributed by atoms with Gasteiger partial charge in [0, 0.05) is 43.5 Å². The van der Waals surface area contributed by atoms with Crippen LogP contribution in [-0.2, 0) is 0 Å². The van der Waals surface area contributed by atoms with E-state index in [1.165, 1.54) is 12.3 Å². The second kappa shape index (κ2) is 8.09. The molecule has 8 heteroatoms. The van der Waals surface area contributed by atoms with Gasteiger partial charge in [0.05, 0.1) is 0 Å². The van der Waals surface area contributed by atoms with Gasteiger partial charge in [-0.1, -0.05) is 0 Å². The van der Waals surface area contributed by atoms with Crippen LogP contribution in [-0.4, -0.2) is 54.5 Å². The molecule has 2 rings (SSSR count). The standard InChI is InChI=1S/C13H17F2N3O2.ClH/c1-9-7-18(5-4-16-9)13(19)10-2-3-17-12(6-10)20-8-11(14)15;/h2-3,6,9,11,16H,4-5,7-8H2,1H3;1H/t9-;/m1./s1. The van der Waals surface area contributed by atoms with Crippen molar-refractivity contribution in [3.63, 3.8) is 0 Å². The second-order valence-electron chi connectivity index (χ2n) is 4.69. The number of carbonyl (C=O) groups is 1. The maximum atomic E-state index is 12.3. The Labute approximate surface area is 128 Å². The molecule has 2 heterocycles. The maximum Gasteiger partial charge on any atom is 0.272 e. The van der Waals surface area contributed by atoms with Crippen LogP contribution in [0.3, 0.4) is 0 Å². The van der Waals surface area contributed by atoms with Gasteiger partial charge < -0.3 is 15.0 Å². The topological polar surface area (TPSA) is 54.5 Å². The molecular formula is C13H18ClF2N3O2. The van der Waals surface area contributed by atoms with Crippen molar-refractivity contribution < 1.29 is 18.3 Å². The van der Waals surface area contributed by atoms with Crippen molar-refractivity contribution in [3.8, 4) is 5.88 Å². The highest BCUT2D eigenvalue weighted by atomic mass is 35.5. The fraction of sp³-hybridized carbons (Fsp3) is 0.538. The zero-order valence-electron chi connectivity index (χ0n) is 11.6. The number of halogens is 3. The number of piperazine rings is 1. The van der Waals surface area contributed by atoms with Gasteiger partial charge in [-0.3, -0.25) is 4.79 Å². The molecule has 1 N–H and O–H groups in total. The number of nitrogens with one attached hydrogen (secondary N) is 1. The normalized spacial score (nSPS) is 18.3. The number of hydrogen-bond acceptors (Lipinski definition) is 4. The van der Waals surface area contributed by atoms with E-state index in [2.05, 4.69) is 10.3 Å².